The molecule has 2 aromatic rings. The third kappa shape index (κ3) is 3.49. The van der Waals surface area contributed by atoms with Crippen LogP contribution in [0.5, 0.6) is 5.75 Å². The van der Waals surface area contributed by atoms with Crippen molar-refractivity contribution in [1.82, 2.24) is 0 Å². The predicted octanol–water partition coefficient (Wildman–Crippen LogP) is 4.25. The van der Waals surface area contributed by atoms with E-state index in [1.54, 1.807) is 44.4 Å². The molecule has 21 heavy (non-hydrogen) atoms. The van der Waals surface area contributed by atoms with E-state index < -0.39 is 0 Å². The number of ether oxygens (including phenoxy) is 1. The molecule has 0 aliphatic heterocycles. The first-order valence-corrected chi connectivity index (χ1v) is 7.30. The molecule has 0 radical (unpaired) electrons. The highest BCUT2D eigenvalue weighted by Gasteiger charge is 2.14. The van der Waals surface area contributed by atoms with Crippen molar-refractivity contribution in [3.63, 3.8) is 0 Å². The van der Waals surface area contributed by atoms with Gasteiger partial charge in [-0.3, -0.25) is 4.79 Å². The van der Waals surface area contributed by atoms with Gasteiger partial charge in [0.25, 0.3) is 5.91 Å². The van der Waals surface area contributed by atoms with Gasteiger partial charge in [0.1, 0.15) is 5.75 Å². The number of nitrogen functional groups attached to an aromatic ring is 1. The van der Waals surface area contributed by atoms with E-state index in [-0.39, 0.29) is 5.91 Å². The average molecular weight is 370 g/mol. The summed E-state index contributed by atoms with van der Waals surface area (Å²) in [6.45, 7) is 1.80. The third-order valence-corrected chi connectivity index (χ3v) is 3.87. The zero-order chi connectivity index (χ0) is 15.6. The molecule has 0 heterocycles. The molecule has 0 atom stereocenters. The van der Waals surface area contributed by atoms with Crippen LogP contribution in [0.1, 0.15) is 15.9 Å². The van der Waals surface area contributed by atoms with E-state index in [0.29, 0.717) is 27.7 Å². The number of anilines is 2. The minimum absolute atomic E-state index is 0.282. The van der Waals surface area contributed by atoms with Gasteiger partial charge in [0.15, 0.2) is 0 Å². The quantitative estimate of drug-likeness (QED) is 0.795. The molecule has 0 saturated heterocycles. The number of benzene rings is 2. The maximum absolute atomic E-state index is 12.4. The van der Waals surface area contributed by atoms with E-state index in [0.717, 1.165) is 10.0 Å². The molecule has 0 aliphatic rings. The first kappa shape index (κ1) is 15.7. The molecule has 2 aromatic carbocycles. The first-order chi connectivity index (χ1) is 9.92. The Balaban J connectivity index is 2.34. The number of carbonyl (C=O) groups is 1. The Labute approximate surface area is 136 Å². The largest absolute Gasteiger partial charge is 0.497 e. The van der Waals surface area contributed by atoms with Crippen LogP contribution >= 0.6 is 27.5 Å². The van der Waals surface area contributed by atoms with Crippen LogP contribution in [-0.2, 0) is 0 Å². The van der Waals surface area contributed by atoms with Gasteiger partial charge >= 0.3 is 0 Å². The van der Waals surface area contributed by atoms with Crippen molar-refractivity contribution in [2.45, 2.75) is 6.92 Å². The summed E-state index contributed by atoms with van der Waals surface area (Å²) in [5, 5.41) is 3.20. The highest BCUT2D eigenvalue weighted by molar-refractivity contribution is 9.10. The molecule has 0 bridgehead atoms. The molecule has 0 aliphatic carbocycles. The van der Waals surface area contributed by atoms with Gasteiger partial charge in [-0.1, -0.05) is 27.5 Å². The second-order valence-corrected chi connectivity index (χ2v) is 5.79. The maximum Gasteiger partial charge on any atom is 0.256 e. The fourth-order valence-electron chi connectivity index (χ4n) is 1.85. The fourth-order valence-corrected chi connectivity index (χ4v) is 2.49. The maximum atomic E-state index is 12.4. The normalized spacial score (nSPS) is 10.3. The lowest BCUT2D eigenvalue weighted by molar-refractivity contribution is 0.102. The Bertz CT molecular complexity index is 704. The standard InChI is InChI=1S/C15H14BrClN2O2/c1-8-11(5-9(16)6-13(8)18)15(20)19-14-7-10(21-2)3-4-12(14)17/h3-7H,18H2,1-2H3,(H,19,20). The lowest BCUT2D eigenvalue weighted by Gasteiger charge is -2.12. The lowest BCUT2D eigenvalue weighted by atomic mass is 10.1. The summed E-state index contributed by atoms with van der Waals surface area (Å²) < 4.78 is 5.86. The monoisotopic (exact) mass is 368 g/mol. The molecule has 4 nitrogen and oxygen atoms in total. The SMILES string of the molecule is COc1ccc(Cl)c(NC(=O)c2cc(Br)cc(N)c2C)c1. The van der Waals surface area contributed by atoms with Crippen LogP contribution in [0.25, 0.3) is 0 Å². The van der Waals surface area contributed by atoms with Crippen molar-refractivity contribution < 1.29 is 9.53 Å². The van der Waals surface area contributed by atoms with Crippen LogP contribution in [0.2, 0.25) is 5.02 Å². The van der Waals surface area contributed by atoms with Gasteiger partial charge in [-0.2, -0.15) is 0 Å². The van der Waals surface area contributed by atoms with Crippen LogP contribution < -0.4 is 15.8 Å². The molecular weight excluding hydrogens is 356 g/mol. The molecule has 0 spiro atoms. The molecule has 0 fully saturated rings. The van der Waals surface area contributed by atoms with Crippen molar-refractivity contribution in [2.24, 2.45) is 0 Å². The van der Waals surface area contributed by atoms with Gasteiger partial charge < -0.3 is 15.8 Å². The Hall–Kier alpha value is -1.72. The summed E-state index contributed by atoms with van der Waals surface area (Å²) in [6.07, 6.45) is 0. The topological polar surface area (TPSA) is 64.3 Å². The number of methoxy groups -OCH3 is 1. The molecule has 3 N–H and O–H groups in total. The minimum Gasteiger partial charge on any atom is -0.497 e. The zero-order valence-electron chi connectivity index (χ0n) is 11.5. The van der Waals surface area contributed by atoms with Crippen LogP contribution in [0.4, 0.5) is 11.4 Å². The Morgan fingerprint density at radius 3 is 2.71 bits per heavy atom. The summed E-state index contributed by atoms with van der Waals surface area (Å²) in [5.74, 6) is 0.329. The molecule has 2 rings (SSSR count). The smallest absolute Gasteiger partial charge is 0.256 e. The predicted molar refractivity (Wildman–Crippen MR) is 89.2 cm³/mol. The summed E-state index contributed by atoms with van der Waals surface area (Å²) in [4.78, 5) is 12.4. The van der Waals surface area contributed by atoms with E-state index in [9.17, 15) is 4.79 Å². The van der Waals surface area contributed by atoms with E-state index >= 15 is 0 Å². The lowest BCUT2D eigenvalue weighted by Crippen LogP contribution is -2.14. The van der Waals surface area contributed by atoms with E-state index in [1.165, 1.54) is 0 Å². The number of halogens is 2. The van der Waals surface area contributed by atoms with Gasteiger partial charge in [-0.15, -0.1) is 0 Å². The molecule has 110 valence electrons. The first-order valence-electron chi connectivity index (χ1n) is 6.13. The molecule has 6 heteroatoms. The average Bonchev–Trinajstić information content (AvgIpc) is 2.45. The second kappa shape index (κ2) is 6.37. The van der Waals surface area contributed by atoms with E-state index in [1.807, 2.05) is 0 Å². The van der Waals surface area contributed by atoms with Gasteiger partial charge in [-0.05, 0) is 36.8 Å². The van der Waals surface area contributed by atoms with Crippen LogP contribution in [0, 0.1) is 6.92 Å². The molecule has 0 saturated carbocycles. The van der Waals surface area contributed by atoms with Gasteiger partial charge in [0.2, 0.25) is 0 Å². The summed E-state index contributed by atoms with van der Waals surface area (Å²) >= 11 is 9.41. The Morgan fingerprint density at radius 1 is 1.33 bits per heavy atom. The zero-order valence-corrected chi connectivity index (χ0v) is 13.9. The Morgan fingerprint density at radius 2 is 2.05 bits per heavy atom. The van der Waals surface area contributed by atoms with E-state index in [2.05, 4.69) is 21.2 Å². The number of nitrogens with one attached hydrogen (secondary N) is 1. The number of nitrogens with two attached hydrogens (primary N) is 1. The van der Waals surface area contributed by atoms with Gasteiger partial charge in [-0.25, -0.2) is 0 Å². The molecule has 0 unspecified atom stereocenters. The Kier molecular flexibility index (Phi) is 4.75. The summed E-state index contributed by atoms with van der Waals surface area (Å²) in [5.41, 5.74) is 8.11. The van der Waals surface area contributed by atoms with Crippen molar-refractivity contribution in [3.05, 3.63) is 51.0 Å². The van der Waals surface area contributed by atoms with Crippen LogP contribution in [0.15, 0.2) is 34.8 Å². The number of rotatable bonds is 3. The van der Waals surface area contributed by atoms with Crippen LogP contribution in [-0.4, -0.2) is 13.0 Å². The summed E-state index contributed by atoms with van der Waals surface area (Å²) in [7, 11) is 1.55. The minimum atomic E-state index is -0.282. The fraction of sp³-hybridized carbons (Fsp3) is 0.133. The number of carbonyl (C=O) groups excluding carboxylic acids is 1. The van der Waals surface area contributed by atoms with Crippen molar-refractivity contribution >= 4 is 44.8 Å². The van der Waals surface area contributed by atoms with E-state index in [4.69, 9.17) is 22.1 Å². The highest BCUT2D eigenvalue weighted by atomic mass is 79.9. The van der Waals surface area contributed by atoms with Gasteiger partial charge in [0, 0.05) is 21.8 Å². The van der Waals surface area contributed by atoms with Crippen molar-refractivity contribution in [1.29, 1.82) is 0 Å². The van der Waals surface area contributed by atoms with Gasteiger partial charge in [0.05, 0.1) is 17.8 Å². The van der Waals surface area contributed by atoms with Crippen molar-refractivity contribution in [3.8, 4) is 5.75 Å². The molecule has 0 aromatic heterocycles. The second-order valence-electron chi connectivity index (χ2n) is 4.47. The van der Waals surface area contributed by atoms with Crippen LogP contribution in [0.3, 0.4) is 0 Å². The number of hydrogen-bond donors (Lipinski definition) is 2. The third-order valence-electron chi connectivity index (χ3n) is 3.08. The van der Waals surface area contributed by atoms with Crippen molar-refractivity contribution in [2.75, 3.05) is 18.2 Å². The number of hydrogen-bond acceptors (Lipinski definition) is 3. The molecule has 1 amide bonds. The summed E-state index contributed by atoms with van der Waals surface area (Å²) in [6, 6.07) is 8.52. The molecular formula is C15H14BrClN2O2. The number of amides is 1. The highest BCUT2D eigenvalue weighted by Crippen LogP contribution is 2.28.